The van der Waals surface area contributed by atoms with E-state index in [-0.39, 0.29) is 4.90 Å². The highest BCUT2D eigenvalue weighted by molar-refractivity contribution is 7.89. The van der Waals surface area contributed by atoms with E-state index in [1.54, 1.807) is 38.4 Å². The zero-order valence-corrected chi connectivity index (χ0v) is 18.7. The van der Waals surface area contributed by atoms with E-state index in [1.165, 1.54) is 32.1 Å². The smallest absolute Gasteiger partial charge is 0.242 e. The van der Waals surface area contributed by atoms with Crippen LogP contribution in [0.5, 0.6) is 5.75 Å². The van der Waals surface area contributed by atoms with Gasteiger partial charge < -0.3 is 4.74 Å². The van der Waals surface area contributed by atoms with Gasteiger partial charge in [0.05, 0.1) is 12.0 Å². The predicted molar refractivity (Wildman–Crippen MR) is 125 cm³/mol. The number of sulfonamides is 1. The molecule has 0 radical (unpaired) electrons. The molecule has 0 amide bonds. The average Bonchev–Trinajstić information content (AvgIpc) is 2.96. The summed E-state index contributed by atoms with van der Waals surface area (Å²) in [5.41, 5.74) is 6.36. The molecule has 0 aliphatic heterocycles. The first kappa shape index (κ1) is 21.3. The maximum atomic E-state index is 12.9. The van der Waals surface area contributed by atoms with Gasteiger partial charge in [0.2, 0.25) is 10.0 Å². The molecular formula is C26H27NO3S. The minimum atomic E-state index is -3.55. The summed E-state index contributed by atoms with van der Waals surface area (Å²) in [6.07, 6.45) is 4.83. The third-order valence-corrected chi connectivity index (χ3v) is 7.71. The number of ether oxygens (including phenoxy) is 1. The molecule has 3 aromatic rings. The van der Waals surface area contributed by atoms with Gasteiger partial charge >= 0.3 is 0 Å². The molecule has 31 heavy (non-hydrogen) atoms. The molecule has 0 saturated carbocycles. The molecule has 0 bridgehead atoms. The lowest BCUT2D eigenvalue weighted by atomic mass is 9.93. The number of benzene rings is 3. The average molecular weight is 434 g/mol. The minimum Gasteiger partial charge on any atom is -0.497 e. The summed E-state index contributed by atoms with van der Waals surface area (Å²) >= 11 is 0. The van der Waals surface area contributed by atoms with Gasteiger partial charge in [-0.25, -0.2) is 12.7 Å². The van der Waals surface area contributed by atoms with Crippen LogP contribution < -0.4 is 4.74 Å². The Hall–Kier alpha value is -2.89. The molecule has 1 aliphatic carbocycles. The van der Waals surface area contributed by atoms with Crippen molar-refractivity contribution in [2.75, 3.05) is 20.7 Å². The molecule has 0 saturated heterocycles. The molecule has 0 atom stereocenters. The van der Waals surface area contributed by atoms with Gasteiger partial charge in [0.1, 0.15) is 5.75 Å². The van der Waals surface area contributed by atoms with Crippen molar-refractivity contribution in [3.63, 3.8) is 0 Å². The van der Waals surface area contributed by atoms with Crippen LogP contribution >= 0.6 is 0 Å². The number of methoxy groups -OCH3 is 1. The molecule has 3 aromatic carbocycles. The Morgan fingerprint density at radius 2 is 1.42 bits per heavy atom. The standard InChI is InChI=1S/C26H27NO3S/c1-27(31(28,29)23-17-15-22(30-2)16-18-23)19-7-12-26-24-10-5-3-8-20(24)13-14-21-9-4-6-11-25(21)26/h3-6,8-12,15-18H,7,13-14,19H2,1-2H3. The third kappa shape index (κ3) is 4.43. The Kier molecular flexibility index (Phi) is 6.25. The van der Waals surface area contributed by atoms with E-state index < -0.39 is 10.0 Å². The van der Waals surface area contributed by atoms with Gasteiger partial charge in [0.15, 0.2) is 0 Å². The van der Waals surface area contributed by atoms with Crippen LogP contribution in [0.2, 0.25) is 0 Å². The van der Waals surface area contributed by atoms with Crippen molar-refractivity contribution in [2.24, 2.45) is 0 Å². The Morgan fingerprint density at radius 3 is 1.97 bits per heavy atom. The minimum absolute atomic E-state index is 0.272. The molecule has 0 fully saturated rings. The van der Waals surface area contributed by atoms with Crippen molar-refractivity contribution in [1.29, 1.82) is 0 Å². The van der Waals surface area contributed by atoms with Crippen molar-refractivity contribution in [3.8, 4) is 5.75 Å². The molecular weight excluding hydrogens is 406 g/mol. The van der Waals surface area contributed by atoms with Crippen LogP contribution in [0.15, 0.2) is 83.8 Å². The molecule has 160 valence electrons. The Labute approximate surface area is 184 Å². The zero-order chi connectivity index (χ0) is 21.8. The number of aryl methyl sites for hydroxylation is 2. The predicted octanol–water partition coefficient (Wildman–Crippen LogP) is 4.94. The fourth-order valence-electron chi connectivity index (χ4n) is 4.07. The molecule has 0 aromatic heterocycles. The van der Waals surface area contributed by atoms with Gasteiger partial charge in [-0.3, -0.25) is 0 Å². The molecule has 1 aliphatic rings. The molecule has 0 heterocycles. The first-order valence-electron chi connectivity index (χ1n) is 10.5. The lowest BCUT2D eigenvalue weighted by Gasteiger charge is -2.17. The molecule has 0 N–H and O–H groups in total. The zero-order valence-electron chi connectivity index (χ0n) is 17.9. The summed E-state index contributed by atoms with van der Waals surface area (Å²) < 4.78 is 32.4. The third-order valence-electron chi connectivity index (χ3n) is 5.84. The van der Waals surface area contributed by atoms with Gasteiger partial charge in [0.25, 0.3) is 0 Å². The van der Waals surface area contributed by atoms with Crippen molar-refractivity contribution in [2.45, 2.75) is 24.2 Å². The lowest BCUT2D eigenvalue weighted by molar-refractivity contribution is 0.414. The quantitative estimate of drug-likeness (QED) is 0.553. The molecule has 0 spiro atoms. The van der Waals surface area contributed by atoms with Crippen LogP contribution in [0.3, 0.4) is 0 Å². The second-order valence-corrected chi connectivity index (χ2v) is 9.77. The van der Waals surface area contributed by atoms with Crippen LogP contribution in [0, 0.1) is 0 Å². The summed E-state index contributed by atoms with van der Waals surface area (Å²) in [5, 5.41) is 0. The highest BCUT2D eigenvalue weighted by Crippen LogP contribution is 2.33. The van der Waals surface area contributed by atoms with Crippen molar-refractivity contribution in [3.05, 3.63) is 101 Å². The SMILES string of the molecule is COc1ccc(S(=O)(=O)N(C)CCC=C2c3ccccc3CCc3ccccc32)cc1. The van der Waals surface area contributed by atoms with E-state index in [4.69, 9.17) is 4.74 Å². The van der Waals surface area contributed by atoms with Gasteiger partial charge in [-0.15, -0.1) is 0 Å². The van der Waals surface area contributed by atoms with Crippen LogP contribution in [0.4, 0.5) is 0 Å². The summed E-state index contributed by atoms with van der Waals surface area (Å²) in [7, 11) is -0.352. The summed E-state index contributed by atoms with van der Waals surface area (Å²) in [5.74, 6) is 0.636. The summed E-state index contributed by atoms with van der Waals surface area (Å²) in [6, 6.07) is 23.5. The Balaban J connectivity index is 1.58. The van der Waals surface area contributed by atoms with Crippen molar-refractivity contribution < 1.29 is 13.2 Å². The van der Waals surface area contributed by atoms with E-state index in [0.29, 0.717) is 18.7 Å². The number of hydrogen-bond acceptors (Lipinski definition) is 3. The second kappa shape index (κ2) is 9.08. The largest absolute Gasteiger partial charge is 0.497 e. The van der Waals surface area contributed by atoms with Gasteiger partial charge in [0, 0.05) is 13.6 Å². The summed E-state index contributed by atoms with van der Waals surface area (Å²) in [4.78, 5) is 0.272. The van der Waals surface area contributed by atoms with E-state index in [2.05, 4.69) is 54.6 Å². The molecule has 4 nitrogen and oxygen atoms in total. The van der Waals surface area contributed by atoms with Gasteiger partial charge in [-0.2, -0.15) is 0 Å². The topological polar surface area (TPSA) is 46.6 Å². The maximum absolute atomic E-state index is 12.9. The Bertz CT molecular complexity index is 1150. The van der Waals surface area contributed by atoms with Crippen LogP contribution in [-0.2, 0) is 22.9 Å². The van der Waals surface area contributed by atoms with E-state index in [1.807, 2.05) is 0 Å². The Morgan fingerprint density at radius 1 is 0.871 bits per heavy atom. The second-order valence-electron chi connectivity index (χ2n) is 7.72. The van der Waals surface area contributed by atoms with E-state index in [9.17, 15) is 8.42 Å². The normalized spacial score (nSPS) is 13.3. The summed E-state index contributed by atoms with van der Waals surface area (Å²) in [6.45, 7) is 0.405. The lowest BCUT2D eigenvalue weighted by Crippen LogP contribution is -2.27. The van der Waals surface area contributed by atoms with Crippen molar-refractivity contribution >= 4 is 15.6 Å². The first-order valence-corrected chi connectivity index (χ1v) is 11.9. The van der Waals surface area contributed by atoms with Crippen LogP contribution in [0.25, 0.3) is 5.57 Å². The monoisotopic (exact) mass is 433 g/mol. The van der Waals surface area contributed by atoms with Gasteiger partial charge in [-0.1, -0.05) is 54.6 Å². The highest BCUT2D eigenvalue weighted by Gasteiger charge is 2.21. The first-order chi connectivity index (χ1) is 15.0. The number of nitrogens with zero attached hydrogens (tertiary/aromatic N) is 1. The molecule has 0 unspecified atom stereocenters. The fraction of sp³-hybridized carbons (Fsp3) is 0.231. The number of rotatable bonds is 6. The van der Waals surface area contributed by atoms with E-state index >= 15 is 0 Å². The van der Waals surface area contributed by atoms with E-state index in [0.717, 1.165) is 12.8 Å². The van der Waals surface area contributed by atoms with Gasteiger partial charge in [-0.05, 0) is 71.4 Å². The molecule has 4 rings (SSSR count). The molecule has 5 heteroatoms. The number of fused-ring (bicyclic) bond motifs is 2. The highest BCUT2D eigenvalue weighted by atomic mass is 32.2. The fourth-order valence-corrected chi connectivity index (χ4v) is 5.26. The van der Waals surface area contributed by atoms with Crippen molar-refractivity contribution in [1.82, 2.24) is 4.31 Å². The van der Waals surface area contributed by atoms with Crippen LogP contribution in [0.1, 0.15) is 28.7 Å². The number of hydrogen-bond donors (Lipinski definition) is 0. The maximum Gasteiger partial charge on any atom is 0.242 e. The van der Waals surface area contributed by atoms with Crippen LogP contribution in [-0.4, -0.2) is 33.4 Å².